The molecule has 1 atom stereocenters. The van der Waals surface area contributed by atoms with Crippen LogP contribution in [-0.2, 0) is 10.0 Å². The molecule has 8 heteroatoms. The van der Waals surface area contributed by atoms with E-state index in [1.807, 2.05) is 31.2 Å². The van der Waals surface area contributed by atoms with E-state index in [4.69, 9.17) is 16.1 Å². The summed E-state index contributed by atoms with van der Waals surface area (Å²) >= 11 is 6.14. The minimum Gasteiger partial charge on any atom is -0.339 e. The average Bonchev–Trinajstić information content (AvgIpc) is 3.21. The number of aryl methyl sites for hydroxylation is 1. The van der Waals surface area contributed by atoms with E-state index in [2.05, 4.69) is 10.1 Å². The second-order valence-corrected chi connectivity index (χ2v) is 9.70. The molecule has 2 heterocycles. The van der Waals surface area contributed by atoms with Crippen molar-refractivity contribution < 1.29 is 12.9 Å². The molecule has 0 amide bonds. The van der Waals surface area contributed by atoms with E-state index in [-0.39, 0.29) is 10.8 Å². The van der Waals surface area contributed by atoms with Gasteiger partial charge in [-0.3, -0.25) is 0 Å². The Morgan fingerprint density at radius 2 is 1.90 bits per heavy atom. The van der Waals surface area contributed by atoms with E-state index in [1.54, 1.807) is 25.1 Å². The summed E-state index contributed by atoms with van der Waals surface area (Å²) in [6.07, 6.45) is 1.53. The summed E-state index contributed by atoms with van der Waals surface area (Å²) in [5.74, 6) is 0.860. The number of halogens is 1. The van der Waals surface area contributed by atoms with Crippen molar-refractivity contribution in [2.75, 3.05) is 13.1 Å². The Balaban J connectivity index is 1.57. The summed E-state index contributed by atoms with van der Waals surface area (Å²) in [6, 6.07) is 12.8. The van der Waals surface area contributed by atoms with E-state index in [1.165, 1.54) is 4.31 Å². The maximum Gasteiger partial charge on any atom is 0.243 e. The first-order valence-corrected chi connectivity index (χ1v) is 11.3. The molecule has 0 bridgehead atoms. The van der Waals surface area contributed by atoms with Crippen molar-refractivity contribution >= 4 is 21.6 Å². The van der Waals surface area contributed by atoms with E-state index >= 15 is 0 Å². The molecule has 0 aliphatic carbocycles. The van der Waals surface area contributed by atoms with Crippen LogP contribution >= 0.6 is 11.6 Å². The molecular weight excluding hydrogens is 410 g/mol. The van der Waals surface area contributed by atoms with Gasteiger partial charge in [0, 0.05) is 23.7 Å². The lowest BCUT2D eigenvalue weighted by Gasteiger charge is -2.30. The maximum absolute atomic E-state index is 13.2. The number of piperidine rings is 1. The molecule has 0 spiro atoms. The summed E-state index contributed by atoms with van der Waals surface area (Å²) in [5.41, 5.74) is 2.60. The number of rotatable bonds is 4. The summed E-state index contributed by atoms with van der Waals surface area (Å²) in [4.78, 5) is 4.78. The van der Waals surface area contributed by atoms with Crippen molar-refractivity contribution in [2.45, 2.75) is 37.5 Å². The fraction of sp³-hybridized carbons (Fsp3) is 0.333. The number of hydrogen-bond acceptors (Lipinski definition) is 5. The van der Waals surface area contributed by atoms with Gasteiger partial charge in [-0.25, -0.2) is 8.42 Å². The van der Waals surface area contributed by atoms with Gasteiger partial charge in [-0.1, -0.05) is 52.7 Å². The van der Waals surface area contributed by atoms with Crippen LogP contribution in [0.1, 0.15) is 35.8 Å². The van der Waals surface area contributed by atoms with Gasteiger partial charge in [0.2, 0.25) is 21.7 Å². The van der Waals surface area contributed by atoms with Gasteiger partial charge in [-0.2, -0.15) is 9.29 Å². The Labute approximate surface area is 175 Å². The van der Waals surface area contributed by atoms with Crippen LogP contribution in [0.5, 0.6) is 0 Å². The quantitative estimate of drug-likeness (QED) is 0.604. The van der Waals surface area contributed by atoms with Crippen LogP contribution < -0.4 is 0 Å². The molecule has 0 N–H and O–H groups in total. The van der Waals surface area contributed by atoms with Gasteiger partial charge in [0.15, 0.2) is 0 Å². The van der Waals surface area contributed by atoms with Crippen molar-refractivity contribution in [1.82, 2.24) is 14.4 Å². The molecule has 29 heavy (non-hydrogen) atoms. The summed E-state index contributed by atoms with van der Waals surface area (Å²) in [5, 5.41) is 4.53. The summed E-state index contributed by atoms with van der Waals surface area (Å²) < 4.78 is 33.4. The topological polar surface area (TPSA) is 76.3 Å². The van der Waals surface area contributed by atoms with Crippen molar-refractivity contribution in [1.29, 1.82) is 0 Å². The van der Waals surface area contributed by atoms with Gasteiger partial charge < -0.3 is 4.52 Å². The molecular formula is C21H22ClN3O3S. The van der Waals surface area contributed by atoms with Crippen LogP contribution in [0.4, 0.5) is 0 Å². The first kappa shape index (κ1) is 20.1. The highest BCUT2D eigenvalue weighted by Crippen LogP contribution is 2.32. The molecule has 152 valence electrons. The fourth-order valence-electron chi connectivity index (χ4n) is 3.59. The van der Waals surface area contributed by atoms with E-state index in [9.17, 15) is 8.42 Å². The van der Waals surface area contributed by atoms with Crippen molar-refractivity contribution in [3.63, 3.8) is 0 Å². The highest BCUT2D eigenvalue weighted by Gasteiger charge is 2.34. The second-order valence-electron chi connectivity index (χ2n) is 7.39. The Bertz CT molecular complexity index is 1130. The van der Waals surface area contributed by atoms with Gasteiger partial charge in [-0.05, 0) is 44.4 Å². The summed E-state index contributed by atoms with van der Waals surface area (Å²) in [6.45, 7) is 4.51. The highest BCUT2D eigenvalue weighted by molar-refractivity contribution is 7.89. The molecule has 1 aromatic heterocycles. The molecule has 1 saturated heterocycles. The minimum atomic E-state index is -3.65. The number of hydrogen-bond donors (Lipinski definition) is 0. The lowest BCUT2D eigenvalue weighted by Crippen LogP contribution is -2.39. The molecule has 1 aliphatic heterocycles. The predicted octanol–water partition coefficient (Wildman–Crippen LogP) is 4.58. The lowest BCUT2D eigenvalue weighted by atomic mass is 10.00. The van der Waals surface area contributed by atoms with Crippen LogP contribution in [0.15, 0.2) is 51.9 Å². The van der Waals surface area contributed by atoms with Crippen LogP contribution in [0.3, 0.4) is 0 Å². The first-order valence-electron chi connectivity index (χ1n) is 9.52. The van der Waals surface area contributed by atoms with E-state index in [0.717, 1.165) is 24.0 Å². The van der Waals surface area contributed by atoms with Crippen molar-refractivity contribution in [3.8, 4) is 11.4 Å². The molecule has 0 unspecified atom stereocenters. The van der Waals surface area contributed by atoms with E-state index in [0.29, 0.717) is 35.4 Å². The Morgan fingerprint density at radius 1 is 1.14 bits per heavy atom. The lowest BCUT2D eigenvalue weighted by molar-refractivity contribution is 0.265. The molecule has 3 aromatic rings. The predicted molar refractivity (Wildman–Crippen MR) is 111 cm³/mol. The Kier molecular flexibility index (Phi) is 5.46. The van der Waals surface area contributed by atoms with Gasteiger partial charge >= 0.3 is 0 Å². The zero-order chi connectivity index (χ0) is 20.6. The van der Waals surface area contributed by atoms with Crippen LogP contribution in [0, 0.1) is 13.8 Å². The number of benzene rings is 2. The van der Waals surface area contributed by atoms with Crippen molar-refractivity contribution in [3.05, 3.63) is 64.5 Å². The molecule has 1 fully saturated rings. The normalized spacial score (nSPS) is 18.1. The maximum atomic E-state index is 13.2. The average molecular weight is 432 g/mol. The second kappa shape index (κ2) is 7.89. The monoisotopic (exact) mass is 431 g/mol. The molecule has 0 radical (unpaired) electrons. The molecule has 2 aromatic carbocycles. The fourth-order valence-corrected chi connectivity index (χ4v) is 5.59. The Morgan fingerprint density at radius 3 is 2.66 bits per heavy atom. The first-order chi connectivity index (χ1) is 13.9. The van der Waals surface area contributed by atoms with Crippen LogP contribution in [0.25, 0.3) is 11.4 Å². The SMILES string of the molecule is Cc1ccc(-c2noc([C@H]3CCCN(S(=O)(=O)c4cccc(Cl)c4C)C3)n2)cc1. The van der Waals surface area contributed by atoms with Gasteiger partial charge in [0.25, 0.3) is 0 Å². The zero-order valence-electron chi connectivity index (χ0n) is 16.3. The zero-order valence-corrected chi connectivity index (χ0v) is 17.9. The third-order valence-corrected chi connectivity index (χ3v) is 7.74. The van der Waals surface area contributed by atoms with E-state index < -0.39 is 10.0 Å². The minimum absolute atomic E-state index is 0.135. The Hall–Kier alpha value is -2.22. The summed E-state index contributed by atoms with van der Waals surface area (Å²) in [7, 11) is -3.65. The molecule has 0 saturated carbocycles. The molecule has 1 aliphatic rings. The highest BCUT2D eigenvalue weighted by atomic mass is 35.5. The van der Waals surface area contributed by atoms with Crippen molar-refractivity contribution in [2.24, 2.45) is 0 Å². The smallest absolute Gasteiger partial charge is 0.243 e. The van der Waals surface area contributed by atoms with Crippen LogP contribution in [-0.4, -0.2) is 36.0 Å². The van der Waals surface area contributed by atoms with Gasteiger partial charge in [0.05, 0.1) is 10.8 Å². The molecule has 4 rings (SSSR count). The number of aromatic nitrogens is 2. The van der Waals surface area contributed by atoms with Gasteiger partial charge in [0.1, 0.15) is 0 Å². The third kappa shape index (κ3) is 3.95. The number of sulfonamides is 1. The number of nitrogens with zero attached hydrogens (tertiary/aromatic N) is 3. The van der Waals surface area contributed by atoms with Gasteiger partial charge in [-0.15, -0.1) is 0 Å². The largest absolute Gasteiger partial charge is 0.339 e. The standard InChI is InChI=1S/C21H22ClN3O3S/c1-14-8-10-16(11-9-14)20-23-21(28-24-20)17-5-4-12-25(13-17)29(26,27)19-7-3-6-18(22)15(19)2/h3,6-11,17H,4-5,12-13H2,1-2H3/t17-/m0/s1. The van der Waals surface area contributed by atoms with Crippen LogP contribution in [0.2, 0.25) is 5.02 Å². The molecule has 6 nitrogen and oxygen atoms in total. The third-order valence-electron chi connectivity index (χ3n) is 5.32.